The van der Waals surface area contributed by atoms with Gasteiger partial charge in [0.25, 0.3) is 5.91 Å². The van der Waals surface area contributed by atoms with E-state index < -0.39 is 0 Å². The van der Waals surface area contributed by atoms with Crippen molar-refractivity contribution in [3.05, 3.63) is 50.1 Å². The molecule has 0 aliphatic carbocycles. The summed E-state index contributed by atoms with van der Waals surface area (Å²) in [6.45, 7) is 6.11. The van der Waals surface area contributed by atoms with Gasteiger partial charge in [-0.15, -0.1) is 11.3 Å². The first-order valence-electron chi connectivity index (χ1n) is 7.25. The summed E-state index contributed by atoms with van der Waals surface area (Å²) in [4.78, 5) is 12.9. The molecule has 23 heavy (non-hydrogen) atoms. The Hall–Kier alpha value is -1.66. The summed E-state index contributed by atoms with van der Waals surface area (Å²) in [5.41, 5.74) is 4.68. The van der Waals surface area contributed by atoms with Crippen LogP contribution < -0.4 is 10.2 Å². The van der Waals surface area contributed by atoms with Crippen LogP contribution >= 0.6 is 27.3 Å². The maximum absolute atomic E-state index is 11.8. The van der Waals surface area contributed by atoms with Crippen molar-refractivity contribution in [2.75, 3.05) is 6.61 Å². The first-order chi connectivity index (χ1) is 11.0. The van der Waals surface area contributed by atoms with E-state index in [1.165, 1.54) is 0 Å². The maximum Gasteiger partial charge on any atom is 0.277 e. The summed E-state index contributed by atoms with van der Waals surface area (Å²) >= 11 is 5.03. The van der Waals surface area contributed by atoms with Crippen molar-refractivity contribution in [1.29, 1.82) is 0 Å². The number of amides is 1. The van der Waals surface area contributed by atoms with Crippen LogP contribution in [0, 0.1) is 6.92 Å². The van der Waals surface area contributed by atoms with Crippen molar-refractivity contribution in [3.8, 4) is 5.75 Å². The Kier molecular flexibility index (Phi) is 6.36. The second kappa shape index (κ2) is 8.26. The number of hydrogen-bond acceptors (Lipinski definition) is 4. The minimum Gasteiger partial charge on any atom is -0.483 e. The van der Waals surface area contributed by atoms with Gasteiger partial charge in [0.2, 0.25) is 0 Å². The maximum atomic E-state index is 11.8. The fourth-order valence-corrected chi connectivity index (χ4v) is 3.12. The van der Waals surface area contributed by atoms with Gasteiger partial charge in [0.1, 0.15) is 5.75 Å². The number of rotatable bonds is 6. The number of thiophene rings is 1. The van der Waals surface area contributed by atoms with Crippen molar-refractivity contribution in [3.63, 3.8) is 0 Å². The monoisotopic (exact) mass is 394 g/mol. The van der Waals surface area contributed by atoms with E-state index >= 15 is 0 Å². The Labute approximate surface area is 148 Å². The number of hydrazone groups is 1. The number of benzene rings is 1. The van der Waals surface area contributed by atoms with Gasteiger partial charge in [0.05, 0.1) is 6.21 Å². The van der Waals surface area contributed by atoms with Gasteiger partial charge < -0.3 is 4.74 Å². The summed E-state index contributed by atoms with van der Waals surface area (Å²) in [5, 5.41) is 5.95. The van der Waals surface area contributed by atoms with E-state index in [4.69, 9.17) is 4.74 Å². The topological polar surface area (TPSA) is 50.7 Å². The fraction of sp³-hybridized carbons (Fsp3) is 0.294. The summed E-state index contributed by atoms with van der Waals surface area (Å²) < 4.78 is 6.62. The Morgan fingerprint density at radius 3 is 2.87 bits per heavy atom. The average Bonchev–Trinajstić information content (AvgIpc) is 2.91. The normalized spacial score (nSPS) is 11.2. The Morgan fingerprint density at radius 1 is 1.43 bits per heavy atom. The zero-order valence-electron chi connectivity index (χ0n) is 13.3. The minimum absolute atomic E-state index is 0.0673. The third kappa shape index (κ3) is 5.18. The van der Waals surface area contributed by atoms with Gasteiger partial charge in [0, 0.05) is 9.35 Å². The van der Waals surface area contributed by atoms with Crippen molar-refractivity contribution in [1.82, 2.24) is 5.43 Å². The van der Waals surface area contributed by atoms with E-state index in [2.05, 4.69) is 40.3 Å². The fourth-order valence-electron chi connectivity index (χ4n) is 1.96. The molecule has 0 spiro atoms. The second-order valence-corrected chi connectivity index (χ2v) is 7.25. The van der Waals surface area contributed by atoms with Crippen molar-refractivity contribution >= 4 is 39.4 Å². The van der Waals surface area contributed by atoms with Gasteiger partial charge in [-0.2, -0.15) is 5.10 Å². The summed E-state index contributed by atoms with van der Waals surface area (Å²) in [7, 11) is 0. The predicted molar refractivity (Wildman–Crippen MR) is 98.5 cm³/mol. The summed E-state index contributed by atoms with van der Waals surface area (Å²) in [6, 6.07) is 7.79. The number of hydrogen-bond donors (Lipinski definition) is 1. The highest BCUT2D eigenvalue weighted by atomic mass is 79.9. The molecule has 122 valence electrons. The van der Waals surface area contributed by atoms with E-state index in [-0.39, 0.29) is 12.5 Å². The lowest BCUT2D eigenvalue weighted by Crippen LogP contribution is -2.24. The lowest BCUT2D eigenvalue weighted by molar-refractivity contribution is -0.123. The van der Waals surface area contributed by atoms with Crippen LogP contribution in [0.1, 0.15) is 35.8 Å². The van der Waals surface area contributed by atoms with Crippen LogP contribution in [0.3, 0.4) is 0 Å². The van der Waals surface area contributed by atoms with Crippen LogP contribution in [0.15, 0.2) is 39.2 Å². The van der Waals surface area contributed by atoms with Crippen molar-refractivity contribution < 1.29 is 9.53 Å². The van der Waals surface area contributed by atoms with Crippen LogP contribution in [0.5, 0.6) is 5.75 Å². The predicted octanol–water partition coefficient (Wildman–Crippen LogP) is 4.47. The summed E-state index contributed by atoms with van der Waals surface area (Å²) in [6.07, 6.45) is 1.65. The number of halogens is 1. The molecule has 0 fully saturated rings. The molecule has 2 rings (SSSR count). The highest BCUT2D eigenvalue weighted by Crippen LogP contribution is 2.29. The molecule has 2 aromatic rings. The molecule has 4 nitrogen and oxygen atoms in total. The van der Waals surface area contributed by atoms with Gasteiger partial charge in [0.15, 0.2) is 6.61 Å². The lowest BCUT2D eigenvalue weighted by Gasteiger charge is -2.13. The zero-order chi connectivity index (χ0) is 16.8. The van der Waals surface area contributed by atoms with Gasteiger partial charge in [-0.25, -0.2) is 5.43 Å². The number of nitrogens with zero attached hydrogens (tertiary/aromatic N) is 1. The van der Waals surface area contributed by atoms with Gasteiger partial charge in [-0.1, -0.05) is 29.8 Å². The summed E-state index contributed by atoms with van der Waals surface area (Å²) in [5.74, 6) is 0.745. The standard InChI is InChI=1S/C17H19BrN2O2S/c1-11(2)14-8-13(18)4-5-15(14)22-10-17(21)20-19-9-16-12(3)6-7-23-16/h4-9,11H,10H2,1-3H3,(H,20,21)/b19-9+. The molecule has 1 heterocycles. The Balaban J connectivity index is 1.90. The van der Waals surface area contributed by atoms with E-state index in [0.717, 1.165) is 26.2 Å². The third-order valence-electron chi connectivity index (χ3n) is 3.23. The van der Waals surface area contributed by atoms with Gasteiger partial charge in [-0.05, 0) is 53.6 Å². The number of ether oxygens (including phenoxy) is 1. The molecule has 0 atom stereocenters. The largest absolute Gasteiger partial charge is 0.483 e. The van der Waals surface area contributed by atoms with Crippen LogP contribution in [0.2, 0.25) is 0 Å². The van der Waals surface area contributed by atoms with Gasteiger partial charge in [-0.3, -0.25) is 4.79 Å². The Bertz CT molecular complexity index is 710. The first kappa shape index (κ1) is 17.7. The molecule has 6 heteroatoms. The number of nitrogens with one attached hydrogen (secondary N) is 1. The SMILES string of the molecule is Cc1ccsc1/C=N/NC(=O)COc1ccc(Br)cc1C(C)C. The third-order valence-corrected chi connectivity index (χ3v) is 4.67. The molecule has 0 radical (unpaired) electrons. The number of carbonyl (C=O) groups is 1. The van der Waals surface area contributed by atoms with Crippen molar-refractivity contribution in [2.45, 2.75) is 26.7 Å². The second-order valence-electron chi connectivity index (χ2n) is 5.39. The lowest BCUT2D eigenvalue weighted by atomic mass is 10.0. The molecule has 0 unspecified atom stereocenters. The van der Waals surface area contributed by atoms with Crippen LogP contribution in [-0.2, 0) is 4.79 Å². The molecular formula is C17H19BrN2O2S. The quantitative estimate of drug-likeness (QED) is 0.580. The molecule has 0 aliphatic heterocycles. The molecular weight excluding hydrogens is 376 g/mol. The van der Waals surface area contributed by atoms with E-state index in [1.54, 1.807) is 17.6 Å². The molecule has 0 saturated heterocycles. The molecule has 1 amide bonds. The van der Waals surface area contributed by atoms with E-state index in [9.17, 15) is 4.79 Å². The molecule has 1 N–H and O–H groups in total. The molecule has 1 aromatic heterocycles. The highest BCUT2D eigenvalue weighted by molar-refractivity contribution is 9.10. The van der Waals surface area contributed by atoms with Crippen LogP contribution in [0.25, 0.3) is 0 Å². The van der Waals surface area contributed by atoms with E-state index in [1.807, 2.05) is 36.6 Å². The smallest absolute Gasteiger partial charge is 0.277 e. The minimum atomic E-state index is -0.284. The zero-order valence-corrected chi connectivity index (χ0v) is 15.7. The van der Waals surface area contributed by atoms with E-state index in [0.29, 0.717) is 5.92 Å². The van der Waals surface area contributed by atoms with Crippen LogP contribution in [-0.4, -0.2) is 18.7 Å². The molecule has 0 bridgehead atoms. The molecule has 1 aromatic carbocycles. The molecule has 0 saturated carbocycles. The highest BCUT2D eigenvalue weighted by Gasteiger charge is 2.10. The van der Waals surface area contributed by atoms with Crippen molar-refractivity contribution in [2.24, 2.45) is 5.10 Å². The molecule has 0 aliphatic rings. The first-order valence-corrected chi connectivity index (χ1v) is 8.93. The average molecular weight is 395 g/mol. The number of carbonyl (C=O) groups excluding carboxylic acids is 1. The Morgan fingerprint density at radius 2 is 2.22 bits per heavy atom. The van der Waals surface area contributed by atoms with Gasteiger partial charge >= 0.3 is 0 Å². The number of aryl methyl sites for hydroxylation is 1. The van der Waals surface area contributed by atoms with Crippen LogP contribution in [0.4, 0.5) is 0 Å².